The van der Waals surface area contributed by atoms with Gasteiger partial charge >= 0.3 is 0 Å². The topological polar surface area (TPSA) is 18.5 Å². The Balaban J connectivity index is 3.72. The summed E-state index contributed by atoms with van der Waals surface area (Å²) >= 11 is 0. The van der Waals surface area contributed by atoms with E-state index >= 15 is 0 Å². The molecule has 0 amide bonds. The highest BCUT2D eigenvalue weighted by Gasteiger charge is 2.42. The maximum absolute atomic E-state index is 14.9. The van der Waals surface area contributed by atoms with Crippen LogP contribution in [0.1, 0.15) is 13.8 Å². The summed E-state index contributed by atoms with van der Waals surface area (Å²) in [5.74, 6) is -5.71. The molecule has 22 heavy (non-hydrogen) atoms. The average molecular weight is 354 g/mol. The van der Waals surface area contributed by atoms with Crippen LogP contribution in [0.25, 0.3) is 0 Å². The number of rotatable bonds is 6. The number of benzene rings is 1. The predicted octanol–water partition coefficient (Wildman–Crippen LogP) is 3.14. The molecule has 8 heteroatoms. The molecule has 1 aromatic carbocycles. The minimum atomic E-state index is -3.05. The van der Waals surface area contributed by atoms with E-state index in [1.807, 2.05) is 0 Å². The van der Waals surface area contributed by atoms with Crippen LogP contribution < -0.4 is 10.4 Å². The largest absolute Gasteiger partial charge is 0.413 e. The molecule has 0 aliphatic heterocycles. The van der Waals surface area contributed by atoms with Gasteiger partial charge in [-0.3, -0.25) is 0 Å². The van der Waals surface area contributed by atoms with E-state index < -0.39 is 50.3 Å². The van der Waals surface area contributed by atoms with Crippen molar-refractivity contribution < 1.29 is 26.4 Å². The van der Waals surface area contributed by atoms with E-state index in [9.17, 15) is 17.6 Å². The summed E-state index contributed by atoms with van der Waals surface area (Å²) in [6, 6.07) is 0. The molecule has 0 bridgehead atoms. The van der Waals surface area contributed by atoms with E-state index in [0.29, 0.717) is 0 Å². The van der Waals surface area contributed by atoms with Crippen molar-refractivity contribution in [3.63, 3.8) is 0 Å². The van der Waals surface area contributed by atoms with Gasteiger partial charge < -0.3 is 8.85 Å². The lowest BCUT2D eigenvalue weighted by Gasteiger charge is -2.29. The van der Waals surface area contributed by atoms with Crippen LogP contribution in [-0.4, -0.2) is 29.8 Å². The smallest absolute Gasteiger partial charge is 0.224 e. The molecule has 0 fully saturated rings. The van der Waals surface area contributed by atoms with Crippen molar-refractivity contribution in [2.45, 2.75) is 40.0 Å². The molecule has 1 rings (SSSR count). The first-order valence-electron chi connectivity index (χ1n) is 7.16. The van der Waals surface area contributed by atoms with Crippen molar-refractivity contribution >= 4 is 27.0 Å². The van der Waals surface area contributed by atoms with Crippen LogP contribution in [0.3, 0.4) is 0 Å². The number of hydrogen-bond acceptors (Lipinski definition) is 2. The Morgan fingerprint density at radius 3 is 1.23 bits per heavy atom. The van der Waals surface area contributed by atoms with Crippen molar-refractivity contribution in [1.29, 1.82) is 0 Å². The van der Waals surface area contributed by atoms with Crippen LogP contribution in [-0.2, 0) is 8.85 Å². The normalized spacial score (nSPS) is 12.8. The van der Waals surface area contributed by atoms with Crippen LogP contribution in [0.4, 0.5) is 17.6 Å². The molecule has 126 valence electrons. The van der Waals surface area contributed by atoms with E-state index in [1.165, 1.54) is 0 Å². The number of halogens is 4. The van der Waals surface area contributed by atoms with Crippen LogP contribution in [0.2, 0.25) is 26.2 Å². The van der Waals surface area contributed by atoms with Gasteiger partial charge in [0.2, 0.25) is 16.6 Å². The molecule has 0 aliphatic carbocycles. The Bertz CT molecular complexity index is 517. The van der Waals surface area contributed by atoms with Gasteiger partial charge in [0.05, 0.1) is 0 Å². The van der Waals surface area contributed by atoms with Crippen molar-refractivity contribution in [2.24, 2.45) is 0 Å². The first kappa shape index (κ1) is 19.3. The maximum atomic E-state index is 14.9. The lowest BCUT2D eigenvalue weighted by Crippen LogP contribution is -2.57. The van der Waals surface area contributed by atoms with E-state index in [0.717, 1.165) is 0 Å². The molecule has 0 spiro atoms. The number of hydrogen-bond donors (Lipinski definition) is 0. The van der Waals surface area contributed by atoms with Crippen molar-refractivity contribution in [3.8, 4) is 0 Å². The van der Waals surface area contributed by atoms with Gasteiger partial charge in [-0.25, -0.2) is 17.6 Å². The summed E-state index contributed by atoms with van der Waals surface area (Å²) in [7, 11) is -6.09. The summed E-state index contributed by atoms with van der Waals surface area (Å²) in [5, 5.41) is -0.938. The van der Waals surface area contributed by atoms with Crippen LogP contribution in [0.5, 0.6) is 0 Å². The fraction of sp³-hybridized carbons (Fsp3) is 0.571. The SMILES string of the molecule is CCO[Si](C)(C)c1c(F)c(F)c(F)c([Si](C)(C)OCC)c1F. The van der Waals surface area contributed by atoms with E-state index in [-0.39, 0.29) is 13.2 Å². The molecule has 0 saturated heterocycles. The predicted molar refractivity (Wildman–Crippen MR) is 83.8 cm³/mol. The second-order valence-electron chi connectivity index (χ2n) is 5.89. The van der Waals surface area contributed by atoms with Crippen LogP contribution in [0.15, 0.2) is 0 Å². The molecule has 2 nitrogen and oxygen atoms in total. The fourth-order valence-corrected chi connectivity index (χ4v) is 7.00. The summed E-state index contributed by atoms with van der Waals surface area (Å²) < 4.78 is 68.1. The van der Waals surface area contributed by atoms with Gasteiger partial charge in [0.25, 0.3) is 0 Å². The molecular weight excluding hydrogens is 332 g/mol. The Hall–Kier alpha value is -0.706. The minimum Gasteiger partial charge on any atom is -0.413 e. The van der Waals surface area contributed by atoms with E-state index in [4.69, 9.17) is 8.85 Å². The molecule has 0 aliphatic rings. The molecule has 0 heterocycles. The molecule has 0 atom stereocenters. The first-order valence-corrected chi connectivity index (χ1v) is 13.0. The minimum absolute atomic E-state index is 0.235. The summed E-state index contributed by atoms with van der Waals surface area (Å²) in [5.41, 5.74) is 0. The molecule has 0 N–H and O–H groups in total. The standard InChI is InChI=1S/C14H22F4O2Si2/c1-7-19-21(3,4)13-10(16)9(15)11(17)14(12(13)18)22(5,6)20-8-2/h7-8H2,1-6H3. The third-order valence-electron chi connectivity index (χ3n) is 3.48. The second kappa shape index (κ2) is 6.82. The molecule has 0 saturated carbocycles. The maximum Gasteiger partial charge on any atom is 0.224 e. The Labute approximate surface area is 130 Å². The van der Waals surface area contributed by atoms with Crippen LogP contribution in [0, 0.1) is 23.3 Å². The zero-order valence-electron chi connectivity index (χ0n) is 13.7. The molecule has 0 radical (unpaired) electrons. The third-order valence-corrected chi connectivity index (χ3v) is 8.78. The summed E-state index contributed by atoms with van der Waals surface area (Å²) in [6.07, 6.45) is 0. The highest BCUT2D eigenvalue weighted by molar-refractivity contribution is 6.87. The highest BCUT2D eigenvalue weighted by atomic mass is 28.4. The lowest BCUT2D eigenvalue weighted by molar-refractivity contribution is 0.332. The van der Waals surface area contributed by atoms with Gasteiger partial charge in [0, 0.05) is 23.6 Å². The Morgan fingerprint density at radius 1 is 0.636 bits per heavy atom. The summed E-state index contributed by atoms with van der Waals surface area (Å²) in [6.45, 7) is 10.0. The van der Waals surface area contributed by atoms with Gasteiger partial charge in [-0.15, -0.1) is 0 Å². The highest BCUT2D eigenvalue weighted by Crippen LogP contribution is 2.19. The van der Waals surface area contributed by atoms with Gasteiger partial charge in [-0.1, -0.05) is 0 Å². The summed E-state index contributed by atoms with van der Waals surface area (Å²) in [4.78, 5) is 0. The van der Waals surface area contributed by atoms with E-state index in [1.54, 1.807) is 40.0 Å². The second-order valence-corrected chi connectivity index (χ2v) is 13.5. The molecular formula is C14H22F4O2Si2. The average Bonchev–Trinajstić information content (AvgIpc) is 2.35. The third kappa shape index (κ3) is 3.44. The molecule has 0 aromatic heterocycles. The lowest BCUT2D eigenvalue weighted by atomic mass is 10.3. The molecule has 1 aromatic rings. The Kier molecular flexibility index (Phi) is 5.99. The van der Waals surface area contributed by atoms with Crippen molar-refractivity contribution in [3.05, 3.63) is 23.3 Å². The van der Waals surface area contributed by atoms with Crippen molar-refractivity contribution in [1.82, 2.24) is 0 Å². The van der Waals surface area contributed by atoms with Gasteiger partial charge in [-0.2, -0.15) is 0 Å². The van der Waals surface area contributed by atoms with Gasteiger partial charge in [0.1, 0.15) is 5.82 Å². The Morgan fingerprint density at radius 2 is 0.955 bits per heavy atom. The van der Waals surface area contributed by atoms with Crippen LogP contribution >= 0.6 is 0 Å². The van der Waals surface area contributed by atoms with Gasteiger partial charge in [0.15, 0.2) is 17.5 Å². The zero-order chi connectivity index (χ0) is 17.3. The fourth-order valence-electron chi connectivity index (χ4n) is 2.56. The van der Waals surface area contributed by atoms with Crippen molar-refractivity contribution in [2.75, 3.05) is 13.2 Å². The van der Waals surface area contributed by atoms with Gasteiger partial charge in [-0.05, 0) is 40.0 Å². The quantitative estimate of drug-likeness (QED) is 0.338. The van der Waals surface area contributed by atoms with E-state index in [2.05, 4.69) is 0 Å². The first-order chi connectivity index (χ1) is 10.0. The zero-order valence-corrected chi connectivity index (χ0v) is 15.7. The monoisotopic (exact) mass is 354 g/mol. The molecule has 0 unspecified atom stereocenters.